The Morgan fingerprint density at radius 2 is 2.11 bits per heavy atom. The van der Waals surface area contributed by atoms with Gasteiger partial charge in [0.1, 0.15) is 11.5 Å². The fraction of sp³-hybridized carbons (Fsp3) is 0.667. The molecule has 0 unspecified atom stereocenters. The van der Waals surface area contributed by atoms with Crippen molar-refractivity contribution in [1.82, 2.24) is 10.2 Å². The van der Waals surface area contributed by atoms with Gasteiger partial charge in [0, 0.05) is 18.5 Å². The molecule has 2 amide bonds. The van der Waals surface area contributed by atoms with Crippen LogP contribution < -0.4 is 5.32 Å². The van der Waals surface area contributed by atoms with Crippen LogP contribution in [0, 0.1) is 5.92 Å². The van der Waals surface area contributed by atoms with Crippen molar-refractivity contribution in [1.29, 1.82) is 0 Å². The van der Waals surface area contributed by atoms with Crippen LogP contribution in [0.15, 0.2) is 16.5 Å². The summed E-state index contributed by atoms with van der Waals surface area (Å²) in [4.78, 5) is 13.6. The first-order chi connectivity index (χ1) is 8.76. The predicted octanol–water partition coefficient (Wildman–Crippen LogP) is 3.34. The summed E-state index contributed by atoms with van der Waals surface area (Å²) < 4.78 is 5.81. The monoisotopic (exact) mass is 264 g/mol. The van der Waals surface area contributed by atoms with Crippen LogP contribution in [0.1, 0.15) is 51.6 Å². The molecule has 0 radical (unpaired) electrons. The van der Waals surface area contributed by atoms with E-state index in [9.17, 15) is 4.79 Å². The molecule has 19 heavy (non-hydrogen) atoms. The number of urea groups is 1. The third-order valence-electron chi connectivity index (χ3n) is 3.38. The lowest BCUT2D eigenvalue weighted by Crippen LogP contribution is -2.46. The average Bonchev–Trinajstić information content (AvgIpc) is 2.82. The minimum Gasteiger partial charge on any atom is -0.464 e. The average molecular weight is 264 g/mol. The van der Waals surface area contributed by atoms with Gasteiger partial charge in [-0.15, -0.1) is 0 Å². The van der Waals surface area contributed by atoms with E-state index >= 15 is 0 Å². The lowest BCUT2D eigenvalue weighted by Gasteiger charge is -2.25. The quantitative estimate of drug-likeness (QED) is 0.910. The van der Waals surface area contributed by atoms with Gasteiger partial charge in [-0.1, -0.05) is 6.92 Å². The van der Waals surface area contributed by atoms with Gasteiger partial charge in [0.25, 0.3) is 0 Å². The molecule has 4 nitrogen and oxygen atoms in total. The van der Waals surface area contributed by atoms with Crippen LogP contribution in [-0.4, -0.2) is 23.5 Å². The summed E-state index contributed by atoms with van der Waals surface area (Å²) in [5.74, 6) is 3.23. The first-order valence-corrected chi connectivity index (χ1v) is 6.88. The maximum atomic E-state index is 11.9. The third-order valence-corrected chi connectivity index (χ3v) is 3.38. The molecular weight excluding hydrogens is 240 g/mol. The molecule has 1 heterocycles. The first-order valence-electron chi connectivity index (χ1n) is 6.88. The first kappa shape index (κ1) is 14.0. The molecule has 0 saturated heterocycles. The Morgan fingerprint density at radius 3 is 2.63 bits per heavy atom. The Morgan fingerprint density at radius 1 is 1.47 bits per heavy atom. The van der Waals surface area contributed by atoms with Crippen LogP contribution in [0.3, 0.4) is 0 Å². The number of rotatable bonds is 3. The van der Waals surface area contributed by atoms with Gasteiger partial charge in [0.15, 0.2) is 0 Å². The Bertz CT molecular complexity index is 459. The molecule has 2 rings (SSSR count). The van der Waals surface area contributed by atoms with Crippen molar-refractivity contribution in [3.8, 4) is 0 Å². The number of nitrogens with zero attached hydrogens (tertiary/aromatic N) is 1. The number of hydrogen-bond acceptors (Lipinski definition) is 2. The van der Waals surface area contributed by atoms with Crippen molar-refractivity contribution in [2.24, 2.45) is 5.92 Å². The van der Waals surface area contributed by atoms with E-state index < -0.39 is 0 Å². The molecular formula is C15H24N2O2. The lowest BCUT2D eigenvalue weighted by molar-refractivity contribution is 0.193. The Balaban J connectivity index is 1.89. The summed E-state index contributed by atoms with van der Waals surface area (Å²) in [6.07, 6.45) is 1.22. The molecule has 1 aliphatic rings. The Kier molecular flexibility index (Phi) is 3.61. The molecule has 0 spiro atoms. The summed E-state index contributed by atoms with van der Waals surface area (Å²) in [5, 5.41) is 2.93. The molecule has 1 aromatic heterocycles. The summed E-state index contributed by atoms with van der Waals surface area (Å²) in [5.41, 5.74) is -0.219. The molecule has 0 aliphatic heterocycles. The van der Waals surface area contributed by atoms with Gasteiger partial charge >= 0.3 is 6.03 Å². The van der Waals surface area contributed by atoms with Crippen LogP contribution in [0.25, 0.3) is 0 Å². The molecule has 1 fully saturated rings. The highest BCUT2D eigenvalue weighted by atomic mass is 16.3. The molecule has 2 atom stereocenters. The van der Waals surface area contributed by atoms with Crippen molar-refractivity contribution in [2.45, 2.75) is 52.1 Å². The fourth-order valence-corrected chi connectivity index (χ4v) is 2.12. The summed E-state index contributed by atoms with van der Waals surface area (Å²) in [6, 6.07) is 3.94. The molecule has 0 bridgehead atoms. The van der Waals surface area contributed by atoms with Crippen LogP contribution in [0.2, 0.25) is 0 Å². The maximum absolute atomic E-state index is 11.9. The van der Waals surface area contributed by atoms with Crippen molar-refractivity contribution in [3.05, 3.63) is 23.7 Å². The van der Waals surface area contributed by atoms with Gasteiger partial charge in [0.2, 0.25) is 0 Å². The van der Waals surface area contributed by atoms with Crippen LogP contribution in [0.5, 0.6) is 0 Å². The minimum atomic E-state index is -0.219. The highest BCUT2D eigenvalue weighted by molar-refractivity contribution is 5.74. The second-order valence-electron chi connectivity index (χ2n) is 6.66. The standard InChI is InChI=1S/C15H24N2O2/c1-10-8-12(10)13-7-6-11(19-13)9-17(5)14(18)16-15(2,3)4/h6-7,10,12H,8-9H2,1-5H3,(H,16,18)/t10-,12-/m1/s1. The summed E-state index contributed by atoms with van der Waals surface area (Å²) in [6.45, 7) is 8.65. The molecule has 1 aliphatic carbocycles. The number of carbonyl (C=O) groups excluding carboxylic acids is 1. The maximum Gasteiger partial charge on any atom is 0.317 e. The molecule has 0 aromatic carbocycles. The number of carbonyl (C=O) groups is 1. The van der Waals surface area contributed by atoms with Gasteiger partial charge in [-0.3, -0.25) is 0 Å². The molecule has 1 N–H and O–H groups in total. The van der Waals surface area contributed by atoms with Gasteiger partial charge in [-0.25, -0.2) is 4.79 Å². The van der Waals surface area contributed by atoms with E-state index in [2.05, 4.69) is 12.2 Å². The van der Waals surface area contributed by atoms with E-state index in [1.807, 2.05) is 32.9 Å². The second kappa shape index (κ2) is 4.91. The SMILES string of the molecule is C[C@@H]1C[C@H]1c1ccc(CN(C)C(=O)NC(C)(C)C)o1. The van der Waals surface area contributed by atoms with Gasteiger partial charge in [-0.05, 0) is 45.2 Å². The normalized spacial score (nSPS) is 22.2. The van der Waals surface area contributed by atoms with E-state index in [4.69, 9.17) is 4.42 Å². The van der Waals surface area contributed by atoms with Gasteiger partial charge in [0.05, 0.1) is 6.54 Å². The Hall–Kier alpha value is -1.45. The second-order valence-corrected chi connectivity index (χ2v) is 6.66. The van der Waals surface area contributed by atoms with E-state index in [0.717, 1.165) is 17.4 Å². The van der Waals surface area contributed by atoms with Gasteiger partial charge < -0.3 is 14.6 Å². The summed E-state index contributed by atoms with van der Waals surface area (Å²) >= 11 is 0. The van der Waals surface area contributed by atoms with Gasteiger partial charge in [-0.2, -0.15) is 0 Å². The predicted molar refractivity (Wildman–Crippen MR) is 75.0 cm³/mol. The Labute approximate surface area is 115 Å². The minimum absolute atomic E-state index is 0.0785. The van der Waals surface area contributed by atoms with E-state index in [0.29, 0.717) is 12.5 Å². The summed E-state index contributed by atoms with van der Waals surface area (Å²) in [7, 11) is 1.78. The highest BCUT2D eigenvalue weighted by Gasteiger charge is 2.36. The number of hydrogen-bond donors (Lipinski definition) is 1. The number of furan rings is 1. The zero-order valence-corrected chi connectivity index (χ0v) is 12.5. The highest BCUT2D eigenvalue weighted by Crippen LogP contribution is 2.47. The van der Waals surface area contributed by atoms with Crippen LogP contribution in [0.4, 0.5) is 4.79 Å². The van der Waals surface area contributed by atoms with Crippen molar-refractivity contribution < 1.29 is 9.21 Å². The number of nitrogens with one attached hydrogen (secondary N) is 1. The smallest absolute Gasteiger partial charge is 0.317 e. The van der Waals surface area contributed by atoms with Crippen molar-refractivity contribution in [3.63, 3.8) is 0 Å². The zero-order valence-electron chi connectivity index (χ0n) is 12.5. The largest absolute Gasteiger partial charge is 0.464 e. The van der Waals surface area contributed by atoms with E-state index in [-0.39, 0.29) is 11.6 Å². The lowest BCUT2D eigenvalue weighted by atomic mass is 10.1. The van der Waals surface area contributed by atoms with E-state index in [1.165, 1.54) is 6.42 Å². The van der Waals surface area contributed by atoms with E-state index in [1.54, 1.807) is 11.9 Å². The molecule has 106 valence electrons. The topological polar surface area (TPSA) is 45.5 Å². The molecule has 1 aromatic rings. The van der Waals surface area contributed by atoms with Crippen molar-refractivity contribution in [2.75, 3.05) is 7.05 Å². The molecule has 1 saturated carbocycles. The molecule has 4 heteroatoms. The fourth-order valence-electron chi connectivity index (χ4n) is 2.12. The zero-order chi connectivity index (χ0) is 14.2. The van der Waals surface area contributed by atoms with Crippen LogP contribution >= 0.6 is 0 Å². The number of amides is 2. The van der Waals surface area contributed by atoms with Crippen LogP contribution in [-0.2, 0) is 6.54 Å². The van der Waals surface area contributed by atoms with Crippen molar-refractivity contribution >= 4 is 6.03 Å². The third kappa shape index (κ3) is 3.75.